The van der Waals surface area contributed by atoms with Crippen molar-refractivity contribution in [3.05, 3.63) is 29.8 Å². The Labute approximate surface area is 96.0 Å². The lowest BCUT2D eigenvalue weighted by atomic mass is 9.83. The van der Waals surface area contributed by atoms with Crippen LogP contribution in [0.5, 0.6) is 5.75 Å². The number of rotatable bonds is 3. The van der Waals surface area contributed by atoms with Crippen molar-refractivity contribution in [2.75, 3.05) is 26.9 Å². The Morgan fingerprint density at radius 1 is 1.50 bits per heavy atom. The van der Waals surface area contributed by atoms with Gasteiger partial charge in [-0.25, -0.2) is 0 Å². The average molecular weight is 222 g/mol. The Bertz CT molecular complexity index is 338. The molecule has 1 aliphatic rings. The van der Waals surface area contributed by atoms with Crippen molar-refractivity contribution in [2.24, 2.45) is 5.92 Å². The van der Waals surface area contributed by atoms with Gasteiger partial charge in [0.25, 0.3) is 0 Å². The first-order chi connectivity index (χ1) is 7.85. The third-order valence-corrected chi connectivity index (χ3v) is 3.23. The lowest BCUT2D eigenvalue weighted by Gasteiger charge is -2.30. The van der Waals surface area contributed by atoms with Crippen LogP contribution in [-0.4, -0.2) is 32.0 Å². The summed E-state index contributed by atoms with van der Waals surface area (Å²) in [7, 11) is 1.67. The van der Waals surface area contributed by atoms with Crippen LogP contribution < -0.4 is 4.74 Å². The van der Waals surface area contributed by atoms with E-state index >= 15 is 0 Å². The predicted octanol–water partition coefficient (Wildman–Crippen LogP) is 1.81. The summed E-state index contributed by atoms with van der Waals surface area (Å²) in [6.07, 6.45) is 0.971. The molecule has 1 aliphatic heterocycles. The molecule has 0 unspecified atom stereocenters. The zero-order valence-electron chi connectivity index (χ0n) is 9.56. The maximum Gasteiger partial charge on any atom is 0.119 e. The molecule has 0 radical (unpaired) electrons. The molecule has 1 N–H and O–H groups in total. The average Bonchev–Trinajstić information content (AvgIpc) is 2.38. The molecule has 1 saturated heterocycles. The van der Waals surface area contributed by atoms with Gasteiger partial charge in [-0.1, -0.05) is 12.1 Å². The molecule has 1 aromatic carbocycles. The zero-order chi connectivity index (χ0) is 11.4. The molecular weight excluding hydrogens is 204 g/mol. The smallest absolute Gasteiger partial charge is 0.119 e. The van der Waals surface area contributed by atoms with Gasteiger partial charge in [0.2, 0.25) is 0 Å². The van der Waals surface area contributed by atoms with E-state index in [0.29, 0.717) is 12.5 Å². The quantitative estimate of drug-likeness (QED) is 0.847. The van der Waals surface area contributed by atoms with E-state index in [1.807, 2.05) is 12.1 Å². The van der Waals surface area contributed by atoms with E-state index in [1.165, 1.54) is 5.56 Å². The fourth-order valence-corrected chi connectivity index (χ4v) is 2.29. The molecule has 2 rings (SSSR count). The van der Waals surface area contributed by atoms with E-state index in [-0.39, 0.29) is 12.5 Å². The maximum atomic E-state index is 9.34. The van der Waals surface area contributed by atoms with Crippen molar-refractivity contribution in [1.82, 2.24) is 0 Å². The molecule has 0 aliphatic carbocycles. The fraction of sp³-hybridized carbons (Fsp3) is 0.538. The normalized spacial score (nSPS) is 25.4. The van der Waals surface area contributed by atoms with Crippen LogP contribution in [0.2, 0.25) is 0 Å². The molecule has 0 bridgehead atoms. The van der Waals surface area contributed by atoms with Crippen LogP contribution in [0.25, 0.3) is 0 Å². The summed E-state index contributed by atoms with van der Waals surface area (Å²) in [4.78, 5) is 0. The van der Waals surface area contributed by atoms with Gasteiger partial charge in [-0.15, -0.1) is 0 Å². The molecule has 3 nitrogen and oxygen atoms in total. The van der Waals surface area contributed by atoms with Gasteiger partial charge in [-0.3, -0.25) is 0 Å². The second kappa shape index (κ2) is 5.32. The Morgan fingerprint density at radius 2 is 2.38 bits per heavy atom. The number of aliphatic hydroxyl groups excluding tert-OH is 1. The zero-order valence-corrected chi connectivity index (χ0v) is 9.56. The molecule has 0 aromatic heterocycles. The summed E-state index contributed by atoms with van der Waals surface area (Å²) in [5, 5.41) is 9.34. The summed E-state index contributed by atoms with van der Waals surface area (Å²) >= 11 is 0. The lowest BCUT2D eigenvalue weighted by molar-refractivity contribution is 0.0159. The van der Waals surface area contributed by atoms with Gasteiger partial charge in [0.15, 0.2) is 0 Å². The number of benzene rings is 1. The van der Waals surface area contributed by atoms with Gasteiger partial charge < -0.3 is 14.6 Å². The van der Waals surface area contributed by atoms with E-state index in [1.54, 1.807) is 7.11 Å². The van der Waals surface area contributed by atoms with Gasteiger partial charge in [0.1, 0.15) is 5.75 Å². The van der Waals surface area contributed by atoms with Gasteiger partial charge in [0, 0.05) is 19.1 Å². The van der Waals surface area contributed by atoms with Crippen LogP contribution in [0.3, 0.4) is 0 Å². The van der Waals surface area contributed by atoms with E-state index in [0.717, 1.165) is 18.8 Å². The first-order valence-electron chi connectivity index (χ1n) is 5.67. The van der Waals surface area contributed by atoms with Crippen molar-refractivity contribution in [2.45, 2.75) is 12.3 Å². The van der Waals surface area contributed by atoms with E-state index in [9.17, 15) is 5.11 Å². The van der Waals surface area contributed by atoms with Crippen molar-refractivity contribution in [3.63, 3.8) is 0 Å². The minimum absolute atomic E-state index is 0.182. The molecule has 1 heterocycles. The molecule has 88 valence electrons. The van der Waals surface area contributed by atoms with Crippen molar-refractivity contribution >= 4 is 0 Å². The Hall–Kier alpha value is -1.06. The largest absolute Gasteiger partial charge is 0.497 e. The van der Waals surface area contributed by atoms with Gasteiger partial charge in [-0.05, 0) is 30.0 Å². The highest BCUT2D eigenvalue weighted by atomic mass is 16.5. The van der Waals surface area contributed by atoms with Crippen molar-refractivity contribution < 1.29 is 14.6 Å². The molecular formula is C13H18O3. The summed E-state index contributed by atoms with van der Waals surface area (Å²) < 4.78 is 10.6. The van der Waals surface area contributed by atoms with Crippen LogP contribution in [0.1, 0.15) is 17.9 Å². The Morgan fingerprint density at radius 3 is 3.12 bits per heavy atom. The van der Waals surface area contributed by atoms with Crippen LogP contribution >= 0.6 is 0 Å². The number of methoxy groups -OCH3 is 1. The van der Waals surface area contributed by atoms with Crippen LogP contribution in [-0.2, 0) is 4.74 Å². The SMILES string of the molecule is COc1cccc([C@H]2CCOC[C@@H]2CO)c1. The van der Waals surface area contributed by atoms with Gasteiger partial charge in [0.05, 0.1) is 13.7 Å². The first-order valence-corrected chi connectivity index (χ1v) is 5.67. The minimum atomic E-state index is 0.182. The monoisotopic (exact) mass is 222 g/mol. The fourth-order valence-electron chi connectivity index (χ4n) is 2.29. The van der Waals surface area contributed by atoms with Crippen molar-refractivity contribution in [3.8, 4) is 5.75 Å². The van der Waals surface area contributed by atoms with Crippen LogP contribution in [0, 0.1) is 5.92 Å². The number of hydrogen-bond donors (Lipinski definition) is 1. The van der Waals surface area contributed by atoms with E-state index in [2.05, 4.69) is 12.1 Å². The second-order valence-electron chi connectivity index (χ2n) is 4.19. The second-order valence-corrected chi connectivity index (χ2v) is 4.19. The third-order valence-electron chi connectivity index (χ3n) is 3.23. The standard InChI is InChI=1S/C13H18O3/c1-15-12-4-2-3-10(7-12)13-5-6-16-9-11(13)8-14/h2-4,7,11,13-14H,5-6,8-9H2,1H3/t11-,13+/m0/s1. The van der Waals surface area contributed by atoms with E-state index in [4.69, 9.17) is 9.47 Å². The molecule has 3 heteroatoms. The van der Waals surface area contributed by atoms with Crippen molar-refractivity contribution in [1.29, 1.82) is 0 Å². The molecule has 2 atom stereocenters. The maximum absolute atomic E-state index is 9.34. The number of aliphatic hydroxyl groups is 1. The first kappa shape index (κ1) is 11.4. The third kappa shape index (κ3) is 2.36. The summed E-state index contributed by atoms with van der Waals surface area (Å²) in [5.74, 6) is 1.47. The minimum Gasteiger partial charge on any atom is -0.497 e. The Balaban J connectivity index is 2.20. The predicted molar refractivity (Wildman–Crippen MR) is 61.7 cm³/mol. The summed E-state index contributed by atoms with van der Waals surface area (Å²) in [6.45, 7) is 1.61. The van der Waals surface area contributed by atoms with Crippen LogP contribution in [0.4, 0.5) is 0 Å². The molecule has 0 saturated carbocycles. The van der Waals surface area contributed by atoms with Crippen LogP contribution in [0.15, 0.2) is 24.3 Å². The number of hydrogen-bond acceptors (Lipinski definition) is 3. The summed E-state index contributed by atoms with van der Waals surface area (Å²) in [6, 6.07) is 8.09. The molecule has 1 aromatic rings. The summed E-state index contributed by atoms with van der Waals surface area (Å²) in [5.41, 5.74) is 1.24. The molecule has 16 heavy (non-hydrogen) atoms. The van der Waals surface area contributed by atoms with Gasteiger partial charge in [-0.2, -0.15) is 0 Å². The Kier molecular flexibility index (Phi) is 3.80. The van der Waals surface area contributed by atoms with E-state index < -0.39 is 0 Å². The lowest BCUT2D eigenvalue weighted by Crippen LogP contribution is -2.28. The molecule has 0 amide bonds. The highest BCUT2D eigenvalue weighted by Gasteiger charge is 2.26. The topological polar surface area (TPSA) is 38.7 Å². The van der Waals surface area contributed by atoms with Gasteiger partial charge >= 0.3 is 0 Å². The molecule has 1 fully saturated rings. The highest BCUT2D eigenvalue weighted by molar-refractivity contribution is 5.31. The highest BCUT2D eigenvalue weighted by Crippen LogP contribution is 2.33. The molecule has 0 spiro atoms. The number of ether oxygens (including phenoxy) is 2.